The molecule has 1 saturated heterocycles. The summed E-state index contributed by atoms with van der Waals surface area (Å²) in [5, 5.41) is 11.9. The highest BCUT2D eigenvalue weighted by atomic mass is 16.5. The van der Waals surface area contributed by atoms with Crippen LogP contribution in [0.15, 0.2) is 24.3 Å². The Hall–Kier alpha value is -2.24. The number of nitrogens with zero attached hydrogens (tertiary/aromatic N) is 1. The Morgan fingerprint density at radius 3 is 2.60 bits per heavy atom. The number of benzene rings is 1. The average Bonchev–Trinajstić information content (AvgIpc) is 2.48. The van der Waals surface area contributed by atoms with Gasteiger partial charge in [0.2, 0.25) is 0 Å². The summed E-state index contributed by atoms with van der Waals surface area (Å²) in [5.74, 6) is -0.251. The first-order valence-corrected chi connectivity index (χ1v) is 6.56. The second-order valence-corrected chi connectivity index (χ2v) is 4.70. The lowest BCUT2D eigenvalue weighted by Crippen LogP contribution is -2.49. The summed E-state index contributed by atoms with van der Waals surface area (Å²) in [4.78, 5) is 24.7. The Morgan fingerprint density at radius 2 is 2.00 bits per heavy atom. The smallest absolute Gasteiger partial charge is 0.326 e. The molecule has 0 spiro atoms. The topological polar surface area (TPSA) is 78.9 Å². The Morgan fingerprint density at radius 1 is 1.30 bits per heavy atom. The Balaban J connectivity index is 2.03. The van der Waals surface area contributed by atoms with Crippen molar-refractivity contribution in [3.05, 3.63) is 24.3 Å². The number of anilines is 1. The monoisotopic (exact) mass is 278 g/mol. The standard InChI is InChI=1S/C14H18N2O4/c1-20-11-7-5-10(6-8-11)15-14(19)16-9-3-2-4-12(16)13(17)18/h5-8,12H,2-4,9H2,1H3,(H,15,19)(H,17,18)/t12-/m0/s1. The molecule has 0 radical (unpaired) electrons. The van der Waals surface area contributed by atoms with Crippen molar-refractivity contribution in [3.63, 3.8) is 0 Å². The molecule has 1 aliphatic heterocycles. The Bertz CT molecular complexity index is 486. The van der Waals surface area contributed by atoms with Crippen molar-refractivity contribution >= 4 is 17.7 Å². The van der Waals surface area contributed by atoms with E-state index in [2.05, 4.69) is 5.32 Å². The zero-order valence-electron chi connectivity index (χ0n) is 11.3. The van der Waals surface area contributed by atoms with Gasteiger partial charge in [-0.3, -0.25) is 0 Å². The minimum Gasteiger partial charge on any atom is -0.497 e. The molecule has 0 aliphatic carbocycles. The van der Waals surface area contributed by atoms with E-state index in [0.29, 0.717) is 24.4 Å². The van der Waals surface area contributed by atoms with Gasteiger partial charge in [0.15, 0.2) is 0 Å². The van der Waals surface area contributed by atoms with Crippen LogP contribution in [0.5, 0.6) is 5.75 Å². The normalized spacial score (nSPS) is 18.4. The number of amides is 2. The molecule has 1 atom stereocenters. The molecule has 20 heavy (non-hydrogen) atoms. The van der Waals surface area contributed by atoms with E-state index in [1.54, 1.807) is 31.4 Å². The van der Waals surface area contributed by atoms with Crippen LogP contribution >= 0.6 is 0 Å². The van der Waals surface area contributed by atoms with Crippen molar-refractivity contribution in [3.8, 4) is 5.75 Å². The second-order valence-electron chi connectivity index (χ2n) is 4.70. The molecule has 1 heterocycles. The van der Waals surface area contributed by atoms with Gasteiger partial charge in [0.1, 0.15) is 11.8 Å². The van der Waals surface area contributed by atoms with Gasteiger partial charge in [-0.1, -0.05) is 0 Å². The van der Waals surface area contributed by atoms with E-state index in [4.69, 9.17) is 9.84 Å². The van der Waals surface area contributed by atoms with Gasteiger partial charge >= 0.3 is 12.0 Å². The molecular formula is C14H18N2O4. The second kappa shape index (κ2) is 6.27. The third-order valence-electron chi connectivity index (χ3n) is 3.39. The van der Waals surface area contributed by atoms with Crippen LogP contribution in [0, 0.1) is 0 Å². The summed E-state index contributed by atoms with van der Waals surface area (Å²) in [5.41, 5.74) is 0.616. The number of hydrogen-bond acceptors (Lipinski definition) is 3. The molecule has 1 aromatic rings. The summed E-state index contributed by atoms with van der Waals surface area (Å²) in [7, 11) is 1.57. The number of carboxylic acid groups (broad SMARTS) is 1. The Labute approximate surface area is 117 Å². The zero-order chi connectivity index (χ0) is 14.5. The van der Waals surface area contributed by atoms with Gasteiger partial charge in [-0.15, -0.1) is 0 Å². The third-order valence-corrected chi connectivity index (χ3v) is 3.39. The number of aliphatic carboxylic acids is 1. The average molecular weight is 278 g/mol. The highest BCUT2D eigenvalue weighted by molar-refractivity contribution is 5.92. The van der Waals surface area contributed by atoms with E-state index in [-0.39, 0.29) is 6.03 Å². The highest BCUT2D eigenvalue weighted by Crippen LogP contribution is 2.20. The first kappa shape index (κ1) is 14.2. The number of carboxylic acids is 1. The van der Waals surface area contributed by atoms with E-state index >= 15 is 0 Å². The van der Waals surface area contributed by atoms with Gasteiger partial charge in [0, 0.05) is 12.2 Å². The fraction of sp³-hybridized carbons (Fsp3) is 0.429. The van der Waals surface area contributed by atoms with Crippen molar-refractivity contribution in [1.29, 1.82) is 0 Å². The molecule has 2 rings (SSSR count). The maximum absolute atomic E-state index is 12.2. The molecule has 1 aliphatic rings. The fourth-order valence-electron chi connectivity index (χ4n) is 2.30. The minimum atomic E-state index is -0.949. The highest BCUT2D eigenvalue weighted by Gasteiger charge is 2.31. The lowest BCUT2D eigenvalue weighted by molar-refractivity contribution is -0.143. The van der Waals surface area contributed by atoms with Gasteiger partial charge in [-0.2, -0.15) is 0 Å². The summed E-state index contributed by atoms with van der Waals surface area (Å²) < 4.78 is 5.04. The molecule has 0 bridgehead atoms. The summed E-state index contributed by atoms with van der Waals surface area (Å²) in [6.07, 6.45) is 2.18. The van der Waals surface area contributed by atoms with Gasteiger partial charge in [-0.25, -0.2) is 9.59 Å². The molecule has 2 N–H and O–H groups in total. The maximum atomic E-state index is 12.2. The molecule has 0 saturated carbocycles. The zero-order valence-corrected chi connectivity index (χ0v) is 11.3. The van der Waals surface area contributed by atoms with Crippen LogP contribution in [0.4, 0.5) is 10.5 Å². The van der Waals surface area contributed by atoms with Crippen molar-refractivity contribution in [2.75, 3.05) is 19.0 Å². The predicted octanol–water partition coefficient (Wildman–Crippen LogP) is 2.17. The largest absolute Gasteiger partial charge is 0.497 e. The van der Waals surface area contributed by atoms with Gasteiger partial charge in [0.25, 0.3) is 0 Å². The van der Waals surface area contributed by atoms with Crippen molar-refractivity contribution in [1.82, 2.24) is 4.90 Å². The maximum Gasteiger partial charge on any atom is 0.326 e. The summed E-state index contributed by atoms with van der Waals surface area (Å²) in [6.45, 7) is 0.471. The lowest BCUT2D eigenvalue weighted by Gasteiger charge is -2.32. The quantitative estimate of drug-likeness (QED) is 0.888. The van der Waals surface area contributed by atoms with Crippen molar-refractivity contribution < 1.29 is 19.4 Å². The first-order chi connectivity index (χ1) is 9.61. The van der Waals surface area contributed by atoms with E-state index in [1.807, 2.05) is 0 Å². The van der Waals surface area contributed by atoms with Gasteiger partial charge in [0.05, 0.1) is 7.11 Å². The van der Waals surface area contributed by atoms with E-state index in [9.17, 15) is 9.59 Å². The molecule has 6 heteroatoms. The summed E-state index contributed by atoms with van der Waals surface area (Å²) >= 11 is 0. The van der Waals surface area contributed by atoms with Crippen LogP contribution < -0.4 is 10.1 Å². The number of carbonyl (C=O) groups is 2. The van der Waals surface area contributed by atoms with Crippen molar-refractivity contribution in [2.24, 2.45) is 0 Å². The third kappa shape index (κ3) is 3.20. The predicted molar refractivity (Wildman–Crippen MR) is 74.0 cm³/mol. The van der Waals surface area contributed by atoms with Gasteiger partial charge < -0.3 is 20.1 Å². The van der Waals surface area contributed by atoms with Crippen LogP contribution in [-0.2, 0) is 4.79 Å². The summed E-state index contributed by atoms with van der Waals surface area (Å²) in [6, 6.07) is 5.80. The number of ether oxygens (including phenoxy) is 1. The number of hydrogen-bond donors (Lipinski definition) is 2. The number of piperidine rings is 1. The Kier molecular flexibility index (Phi) is 4.45. The van der Waals surface area contributed by atoms with Crippen LogP contribution in [0.25, 0.3) is 0 Å². The van der Waals surface area contributed by atoms with Crippen LogP contribution in [-0.4, -0.2) is 41.7 Å². The number of likely N-dealkylation sites (tertiary alicyclic amines) is 1. The lowest BCUT2D eigenvalue weighted by atomic mass is 10.0. The fourth-order valence-corrected chi connectivity index (χ4v) is 2.30. The van der Waals surface area contributed by atoms with E-state index in [0.717, 1.165) is 12.8 Å². The van der Waals surface area contributed by atoms with Crippen molar-refractivity contribution in [2.45, 2.75) is 25.3 Å². The number of carbonyl (C=O) groups excluding carboxylic acids is 1. The molecule has 6 nitrogen and oxygen atoms in total. The van der Waals surface area contributed by atoms with Crippen LogP contribution in [0.1, 0.15) is 19.3 Å². The van der Waals surface area contributed by atoms with Crippen LogP contribution in [0.2, 0.25) is 0 Å². The number of rotatable bonds is 3. The molecule has 0 aromatic heterocycles. The van der Waals surface area contributed by atoms with E-state index in [1.165, 1.54) is 4.90 Å². The molecule has 2 amide bonds. The molecule has 0 unspecified atom stereocenters. The number of urea groups is 1. The molecule has 1 fully saturated rings. The number of methoxy groups -OCH3 is 1. The van der Waals surface area contributed by atoms with E-state index < -0.39 is 12.0 Å². The molecular weight excluding hydrogens is 260 g/mol. The SMILES string of the molecule is COc1ccc(NC(=O)N2CCCC[C@H]2C(=O)O)cc1. The van der Waals surface area contributed by atoms with Gasteiger partial charge in [-0.05, 0) is 43.5 Å². The first-order valence-electron chi connectivity index (χ1n) is 6.56. The molecule has 108 valence electrons. The minimum absolute atomic E-state index is 0.373. The van der Waals surface area contributed by atoms with Crippen LogP contribution in [0.3, 0.4) is 0 Å². The molecule has 1 aromatic carbocycles. The number of nitrogens with one attached hydrogen (secondary N) is 1.